The van der Waals surface area contributed by atoms with Gasteiger partial charge in [0.2, 0.25) is 5.91 Å². The van der Waals surface area contributed by atoms with Gasteiger partial charge < -0.3 is 15.1 Å². The molecule has 6 heteroatoms. The summed E-state index contributed by atoms with van der Waals surface area (Å²) in [5.74, 6) is -1.12. The fourth-order valence-corrected chi connectivity index (χ4v) is 2.49. The third kappa shape index (κ3) is 3.80. The van der Waals surface area contributed by atoms with Crippen LogP contribution in [0.25, 0.3) is 11.0 Å². The predicted octanol–water partition coefficient (Wildman–Crippen LogP) is 2.78. The van der Waals surface area contributed by atoms with Crippen LogP contribution in [0.1, 0.15) is 21.7 Å². The minimum Gasteiger partial charge on any atom is -0.451 e. The number of anilines is 1. The van der Waals surface area contributed by atoms with E-state index in [2.05, 4.69) is 10.6 Å². The summed E-state index contributed by atoms with van der Waals surface area (Å²) in [4.78, 5) is 36.2. The normalized spacial score (nSPS) is 10.5. The van der Waals surface area contributed by atoms with E-state index >= 15 is 0 Å². The Morgan fingerprint density at radius 3 is 2.54 bits per heavy atom. The Kier molecular flexibility index (Phi) is 4.84. The number of para-hydroxylation sites is 1. The van der Waals surface area contributed by atoms with Gasteiger partial charge in [0.05, 0.1) is 11.9 Å². The molecule has 1 heterocycles. The van der Waals surface area contributed by atoms with Gasteiger partial charge >= 0.3 is 0 Å². The summed E-state index contributed by atoms with van der Waals surface area (Å²) < 4.78 is 5.44. The van der Waals surface area contributed by atoms with Gasteiger partial charge in [-0.15, -0.1) is 0 Å². The van der Waals surface area contributed by atoms with Crippen molar-refractivity contribution in [3.05, 3.63) is 75.6 Å². The Morgan fingerprint density at radius 2 is 1.77 bits per heavy atom. The maximum Gasteiger partial charge on any atom is 0.287 e. The summed E-state index contributed by atoms with van der Waals surface area (Å²) in [6.07, 6.45) is 0. The van der Waals surface area contributed by atoms with E-state index in [4.69, 9.17) is 4.42 Å². The Labute approximate surface area is 149 Å². The van der Waals surface area contributed by atoms with Crippen LogP contribution < -0.4 is 16.1 Å². The number of benzene rings is 2. The molecule has 0 atom stereocenters. The van der Waals surface area contributed by atoms with E-state index < -0.39 is 5.91 Å². The van der Waals surface area contributed by atoms with Crippen molar-refractivity contribution in [1.82, 2.24) is 5.32 Å². The maximum absolute atomic E-state index is 12.2. The lowest BCUT2D eigenvalue weighted by Crippen LogP contribution is -2.33. The molecule has 2 amide bonds. The summed E-state index contributed by atoms with van der Waals surface area (Å²) in [7, 11) is 0. The molecule has 0 aliphatic carbocycles. The monoisotopic (exact) mass is 350 g/mol. The predicted molar refractivity (Wildman–Crippen MR) is 99.4 cm³/mol. The molecule has 0 unspecified atom stereocenters. The van der Waals surface area contributed by atoms with Crippen molar-refractivity contribution in [2.45, 2.75) is 13.8 Å². The van der Waals surface area contributed by atoms with Gasteiger partial charge in [0, 0.05) is 11.8 Å². The van der Waals surface area contributed by atoms with E-state index in [0.717, 1.165) is 17.2 Å². The summed E-state index contributed by atoms with van der Waals surface area (Å²) in [5.41, 5.74) is 2.86. The molecule has 3 rings (SSSR count). The quantitative estimate of drug-likeness (QED) is 0.757. The van der Waals surface area contributed by atoms with Crippen molar-refractivity contribution in [3.8, 4) is 0 Å². The Bertz CT molecular complexity index is 1050. The first kappa shape index (κ1) is 17.4. The zero-order valence-corrected chi connectivity index (χ0v) is 14.5. The van der Waals surface area contributed by atoms with Crippen LogP contribution in [0, 0.1) is 13.8 Å². The van der Waals surface area contributed by atoms with Crippen LogP contribution in [0.4, 0.5) is 5.69 Å². The zero-order valence-electron chi connectivity index (χ0n) is 14.5. The van der Waals surface area contributed by atoms with Gasteiger partial charge in [0.25, 0.3) is 5.91 Å². The third-order valence-corrected chi connectivity index (χ3v) is 4.06. The van der Waals surface area contributed by atoms with E-state index in [9.17, 15) is 14.4 Å². The maximum atomic E-state index is 12.2. The summed E-state index contributed by atoms with van der Waals surface area (Å²) in [6.45, 7) is 3.70. The lowest BCUT2D eigenvalue weighted by atomic mass is 10.1. The molecule has 1 aromatic heterocycles. The fraction of sp³-hybridized carbons (Fsp3) is 0.150. The minimum absolute atomic E-state index is 0.132. The number of fused-ring (bicyclic) bond motifs is 1. The zero-order chi connectivity index (χ0) is 18.7. The largest absolute Gasteiger partial charge is 0.451 e. The highest BCUT2D eigenvalue weighted by Gasteiger charge is 2.13. The van der Waals surface area contributed by atoms with Crippen LogP contribution in [0.3, 0.4) is 0 Å². The van der Waals surface area contributed by atoms with Crippen molar-refractivity contribution < 1.29 is 14.0 Å². The summed E-state index contributed by atoms with van der Waals surface area (Å²) >= 11 is 0. The molecule has 0 saturated carbocycles. The molecule has 132 valence electrons. The van der Waals surface area contributed by atoms with E-state index in [-0.39, 0.29) is 23.6 Å². The van der Waals surface area contributed by atoms with Crippen molar-refractivity contribution >= 4 is 28.5 Å². The van der Waals surface area contributed by atoms with Crippen LogP contribution in [0.2, 0.25) is 0 Å². The average Bonchev–Trinajstić information content (AvgIpc) is 2.63. The van der Waals surface area contributed by atoms with Crippen molar-refractivity contribution in [1.29, 1.82) is 0 Å². The highest BCUT2D eigenvalue weighted by atomic mass is 16.3. The Hall–Kier alpha value is -3.41. The van der Waals surface area contributed by atoms with Crippen LogP contribution >= 0.6 is 0 Å². The van der Waals surface area contributed by atoms with E-state index in [0.29, 0.717) is 16.7 Å². The molecule has 0 spiro atoms. The number of carbonyl (C=O) groups excluding carboxylic acids is 2. The first-order valence-corrected chi connectivity index (χ1v) is 8.12. The van der Waals surface area contributed by atoms with E-state index in [1.165, 1.54) is 0 Å². The Balaban J connectivity index is 1.65. The van der Waals surface area contributed by atoms with Gasteiger partial charge in [0.1, 0.15) is 5.58 Å². The van der Waals surface area contributed by atoms with Crippen molar-refractivity contribution in [3.63, 3.8) is 0 Å². The number of hydrogen-bond acceptors (Lipinski definition) is 4. The second-order valence-electron chi connectivity index (χ2n) is 6.00. The van der Waals surface area contributed by atoms with Crippen molar-refractivity contribution in [2.75, 3.05) is 11.9 Å². The van der Waals surface area contributed by atoms with Gasteiger partial charge in [-0.1, -0.05) is 18.2 Å². The van der Waals surface area contributed by atoms with Crippen LogP contribution in [-0.2, 0) is 4.79 Å². The number of hydrogen-bond donors (Lipinski definition) is 2. The van der Waals surface area contributed by atoms with Gasteiger partial charge in [0.15, 0.2) is 11.2 Å². The first-order chi connectivity index (χ1) is 12.4. The molecule has 2 N–H and O–H groups in total. The SMILES string of the molecule is Cc1ccc(NC(=O)CNC(=O)c2cc(=O)c3ccccc3o2)cc1C. The standard InChI is InChI=1S/C20H18N2O4/c1-12-7-8-14(9-13(12)2)22-19(24)11-21-20(25)18-10-16(23)15-5-3-4-6-17(15)26-18/h3-10H,11H2,1-2H3,(H,21,25)(H,22,24). The molecule has 0 aliphatic heterocycles. The van der Waals surface area contributed by atoms with E-state index in [1.54, 1.807) is 30.3 Å². The first-order valence-electron chi connectivity index (χ1n) is 8.12. The molecule has 3 aromatic rings. The van der Waals surface area contributed by atoms with Gasteiger partial charge in [-0.2, -0.15) is 0 Å². The lowest BCUT2D eigenvalue weighted by molar-refractivity contribution is -0.115. The molecule has 2 aromatic carbocycles. The summed E-state index contributed by atoms with van der Waals surface area (Å²) in [6, 6.07) is 13.4. The fourth-order valence-electron chi connectivity index (χ4n) is 2.49. The van der Waals surface area contributed by atoms with Gasteiger partial charge in [-0.3, -0.25) is 14.4 Å². The van der Waals surface area contributed by atoms with Gasteiger partial charge in [-0.25, -0.2) is 0 Å². The highest BCUT2D eigenvalue weighted by molar-refractivity contribution is 5.98. The highest BCUT2D eigenvalue weighted by Crippen LogP contribution is 2.14. The number of amides is 2. The smallest absolute Gasteiger partial charge is 0.287 e. The molecular weight excluding hydrogens is 332 g/mol. The van der Waals surface area contributed by atoms with E-state index in [1.807, 2.05) is 26.0 Å². The van der Waals surface area contributed by atoms with Crippen molar-refractivity contribution in [2.24, 2.45) is 0 Å². The summed E-state index contributed by atoms with van der Waals surface area (Å²) in [5, 5.41) is 5.56. The average molecular weight is 350 g/mol. The second kappa shape index (κ2) is 7.23. The Morgan fingerprint density at radius 1 is 1.00 bits per heavy atom. The molecule has 0 fully saturated rings. The minimum atomic E-state index is -0.622. The topological polar surface area (TPSA) is 88.4 Å². The molecule has 0 bridgehead atoms. The molecule has 0 saturated heterocycles. The molecule has 0 radical (unpaired) electrons. The molecular formula is C20H18N2O4. The number of aryl methyl sites for hydroxylation is 2. The van der Waals surface area contributed by atoms with Gasteiger partial charge in [-0.05, 0) is 49.2 Å². The second-order valence-corrected chi connectivity index (χ2v) is 6.00. The lowest BCUT2D eigenvalue weighted by Gasteiger charge is -2.08. The number of nitrogens with one attached hydrogen (secondary N) is 2. The number of carbonyl (C=O) groups is 2. The number of rotatable bonds is 4. The van der Waals surface area contributed by atoms with Crippen LogP contribution in [0.15, 0.2) is 57.7 Å². The third-order valence-electron chi connectivity index (χ3n) is 4.06. The van der Waals surface area contributed by atoms with Crippen LogP contribution in [0.5, 0.6) is 0 Å². The molecule has 6 nitrogen and oxygen atoms in total. The molecule has 0 aliphatic rings. The van der Waals surface area contributed by atoms with Crippen LogP contribution in [-0.4, -0.2) is 18.4 Å². The molecule has 26 heavy (non-hydrogen) atoms.